The monoisotopic (exact) mass is 271 g/mol. The van der Waals surface area contributed by atoms with Crippen LogP contribution in [0.1, 0.15) is 50.2 Å². The highest BCUT2D eigenvalue weighted by molar-refractivity contribution is 5.35. The van der Waals surface area contributed by atoms with Crippen molar-refractivity contribution in [2.75, 3.05) is 6.61 Å². The molecule has 0 radical (unpaired) electrons. The minimum Gasteiger partial charge on any atom is -0.385 e. The van der Waals surface area contributed by atoms with E-state index in [2.05, 4.69) is 6.07 Å². The van der Waals surface area contributed by atoms with Crippen molar-refractivity contribution in [2.45, 2.75) is 50.2 Å². The number of rotatable bonds is 2. The summed E-state index contributed by atoms with van der Waals surface area (Å²) < 4.78 is 5.94. The first-order valence-electron chi connectivity index (χ1n) is 7.43. The van der Waals surface area contributed by atoms with Crippen molar-refractivity contribution in [1.29, 1.82) is 5.26 Å². The Morgan fingerprint density at radius 1 is 1.45 bits per heavy atom. The first-order valence-corrected chi connectivity index (χ1v) is 7.43. The molecule has 2 aliphatic rings. The SMILES string of the molecule is CC(O)(c1cccc(C#N)c1)C1CCOC2(CCC2)C1. The Morgan fingerprint density at radius 2 is 2.25 bits per heavy atom. The summed E-state index contributed by atoms with van der Waals surface area (Å²) in [6.45, 7) is 2.62. The second-order valence-corrected chi connectivity index (χ2v) is 6.41. The van der Waals surface area contributed by atoms with Crippen LogP contribution in [0.4, 0.5) is 0 Å². The molecular weight excluding hydrogens is 250 g/mol. The highest BCUT2D eigenvalue weighted by atomic mass is 16.5. The molecule has 1 aromatic rings. The van der Waals surface area contributed by atoms with Crippen molar-refractivity contribution in [3.63, 3.8) is 0 Å². The lowest BCUT2D eigenvalue weighted by Crippen LogP contribution is -2.49. The largest absolute Gasteiger partial charge is 0.385 e. The molecule has 0 bridgehead atoms. The van der Waals surface area contributed by atoms with Gasteiger partial charge in [0.2, 0.25) is 0 Å². The molecule has 1 aliphatic carbocycles. The van der Waals surface area contributed by atoms with Gasteiger partial charge in [0.05, 0.1) is 22.8 Å². The maximum absolute atomic E-state index is 11.0. The van der Waals surface area contributed by atoms with E-state index >= 15 is 0 Å². The van der Waals surface area contributed by atoms with Crippen molar-refractivity contribution in [3.05, 3.63) is 35.4 Å². The highest BCUT2D eigenvalue weighted by Crippen LogP contribution is 2.48. The van der Waals surface area contributed by atoms with Crippen molar-refractivity contribution in [2.24, 2.45) is 5.92 Å². The van der Waals surface area contributed by atoms with Crippen molar-refractivity contribution in [3.8, 4) is 6.07 Å². The first-order chi connectivity index (χ1) is 9.56. The van der Waals surface area contributed by atoms with E-state index in [9.17, 15) is 5.11 Å². The van der Waals surface area contributed by atoms with Gasteiger partial charge in [-0.05, 0) is 62.6 Å². The summed E-state index contributed by atoms with van der Waals surface area (Å²) in [5, 5.41) is 20.0. The summed E-state index contributed by atoms with van der Waals surface area (Å²) in [5.41, 5.74) is 0.588. The summed E-state index contributed by atoms with van der Waals surface area (Å²) in [5.74, 6) is 0.200. The molecule has 0 aromatic heterocycles. The molecule has 2 fully saturated rings. The van der Waals surface area contributed by atoms with Crippen LogP contribution < -0.4 is 0 Å². The van der Waals surface area contributed by atoms with Crippen molar-refractivity contribution >= 4 is 0 Å². The zero-order valence-corrected chi connectivity index (χ0v) is 11.9. The van der Waals surface area contributed by atoms with Crippen LogP contribution in [0.5, 0.6) is 0 Å². The fourth-order valence-corrected chi connectivity index (χ4v) is 3.57. The Kier molecular flexibility index (Phi) is 3.32. The van der Waals surface area contributed by atoms with Crippen LogP contribution in [0.2, 0.25) is 0 Å². The number of hydrogen-bond acceptors (Lipinski definition) is 3. The predicted molar refractivity (Wildman–Crippen MR) is 76.0 cm³/mol. The average molecular weight is 271 g/mol. The van der Waals surface area contributed by atoms with Gasteiger partial charge in [-0.15, -0.1) is 0 Å². The molecule has 1 N–H and O–H groups in total. The third-order valence-corrected chi connectivity index (χ3v) is 5.13. The number of nitriles is 1. The van der Waals surface area contributed by atoms with Crippen LogP contribution in [0.25, 0.3) is 0 Å². The molecule has 106 valence electrons. The van der Waals surface area contributed by atoms with Crippen LogP contribution in [0.15, 0.2) is 24.3 Å². The molecule has 1 heterocycles. The van der Waals surface area contributed by atoms with E-state index in [1.165, 1.54) is 6.42 Å². The van der Waals surface area contributed by atoms with E-state index in [1.807, 2.05) is 25.1 Å². The van der Waals surface area contributed by atoms with Crippen LogP contribution >= 0.6 is 0 Å². The summed E-state index contributed by atoms with van der Waals surface area (Å²) >= 11 is 0. The van der Waals surface area contributed by atoms with Gasteiger partial charge in [-0.2, -0.15) is 5.26 Å². The molecule has 1 aliphatic heterocycles. The quantitative estimate of drug-likeness (QED) is 0.899. The molecule has 0 amide bonds. The summed E-state index contributed by atoms with van der Waals surface area (Å²) in [6, 6.07) is 9.50. The number of ether oxygens (including phenoxy) is 1. The van der Waals surface area contributed by atoms with E-state index in [0.29, 0.717) is 5.56 Å². The summed E-state index contributed by atoms with van der Waals surface area (Å²) in [7, 11) is 0. The summed E-state index contributed by atoms with van der Waals surface area (Å²) in [4.78, 5) is 0. The van der Waals surface area contributed by atoms with Gasteiger partial charge < -0.3 is 9.84 Å². The third-order valence-electron chi connectivity index (χ3n) is 5.13. The Bertz CT molecular complexity index is 540. The number of nitrogens with zero attached hydrogens (tertiary/aromatic N) is 1. The average Bonchev–Trinajstić information content (AvgIpc) is 2.46. The van der Waals surface area contributed by atoms with Gasteiger partial charge in [-0.25, -0.2) is 0 Å². The smallest absolute Gasteiger partial charge is 0.0991 e. The first kappa shape index (κ1) is 13.6. The van der Waals surface area contributed by atoms with Crippen LogP contribution in [-0.2, 0) is 10.3 Å². The van der Waals surface area contributed by atoms with Crippen molar-refractivity contribution < 1.29 is 9.84 Å². The normalized spacial score (nSPS) is 27.4. The number of benzene rings is 1. The molecule has 3 heteroatoms. The van der Waals surface area contributed by atoms with E-state index in [0.717, 1.165) is 37.9 Å². The maximum Gasteiger partial charge on any atom is 0.0991 e. The highest BCUT2D eigenvalue weighted by Gasteiger charge is 2.47. The van der Waals surface area contributed by atoms with Crippen molar-refractivity contribution in [1.82, 2.24) is 0 Å². The second-order valence-electron chi connectivity index (χ2n) is 6.41. The molecule has 1 aromatic carbocycles. The van der Waals surface area contributed by atoms with Crippen LogP contribution in [0.3, 0.4) is 0 Å². The van der Waals surface area contributed by atoms with E-state index in [-0.39, 0.29) is 11.5 Å². The Morgan fingerprint density at radius 3 is 2.90 bits per heavy atom. The minimum absolute atomic E-state index is 0.0275. The molecule has 20 heavy (non-hydrogen) atoms. The standard InChI is InChI=1S/C17H21NO2/c1-16(19,14-5-2-4-13(10-14)12-18)15-6-9-20-17(11-15)7-3-8-17/h2,4-5,10,15,19H,3,6-9,11H2,1H3. The topological polar surface area (TPSA) is 53.2 Å². The van der Waals surface area contributed by atoms with Crippen LogP contribution in [-0.4, -0.2) is 17.3 Å². The number of aliphatic hydroxyl groups is 1. The Balaban J connectivity index is 1.85. The van der Waals surface area contributed by atoms with Gasteiger partial charge in [-0.3, -0.25) is 0 Å². The van der Waals surface area contributed by atoms with E-state index in [1.54, 1.807) is 6.07 Å². The fraction of sp³-hybridized carbons (Fsp3) is 0.588. The lowest BCUT2D eigenvalue weighted by molar-refractivity contribution is -0.174. The molecule has 1 saturated heterocycles. The van der Waals surface area contributed by atoms with Crippen LogP contribution in [0, 0.1) is 17.2 Å². The zero-order chi connectivity index (χ0) is 14.2. The minimum atomic E-state index is -0.890. The van der Waals surface area contributed by atoms with Gasteiger partial charge in [0.1, 0.15) is 0 Å². The van der Waals surface area contributed by atoms with Gasteiger partial charge in [-0.1, -0.05) is 12.1 Å². The lowest BCUT2D eigenvalue weighted by Gasteiger charge is -2.50. The van der Waals surface area contributed by atoms with Gasteiger partial charge in [0.25, 0.3) is 0 Å². The molecule has 2 atom stereocenters. The number of hydrogen-bond donors (Lipinski definition) is 1. The fourth-order valence-electron chi connectivity index (χ4n) is 3.57. The second kappa shape index (κ2) is 4.87. The molecule has 2 unspecified atom stereocenters. The molecular formula is C17H21NO2. The zero-order valence-electron chi connectivity index (χ0n) is 11.9. The molecule has 1 spiro atoms. The molecule has 1 saturated carbocycles. The predicted octanol–water partition coefficient (Wildman–Crippen LogP) is 3.12. The summed E-state index contributed by atoms with van der Waals surface area (Å²) in [6.07, 6.45) is 5.29. The van der Waals surface area contributed by atoms with Gasteiger partial charge >= 0.3 is 0 Å². The van der Waals surface area contributed by atoms with Gasteiger partial charge in [0, 0.05) is 6.61 Å². The Labute approximate surface area is 120 Å². The third kappa shape index (κ3) is 2.24. The molecule has 3 nitrogen and oxygen atoms in total. The van der Waals surface area contributed by atoms with E-state index < -0.39 is 5.60 Å². The Hall–Kier alpha value is -1.37. The molecule has 3 rings (SSSR count). The van der Waals surface area contributed by atoms with Gasteiger partial charge in [0.15, 0.2) is 0 Å². The lowest BCUT2D eigenvalue weighted by atomic mass is 9.67. The maximum atomic E-state index is 11.0. The van der Waals surface area contributed by atoms with E-state index in [4.69, 9.17) is 10.00 Å².